The summed E-state index contributed by atoms with van der Waals surface area (Å²) in [6.07, 6.45) is 3.02. The quantitative estimate of drug-likeness (QED) is 0.752. The van der Waals surface area contributed by atoms with Crippen molar-refractivity contribution in [3.8, 4) is 0 Å². The fourth-order valence-corrected chi connectivity index (χ4v) is 3.22. The summed E-state index contributed by atoms with van der Waals surface area (Å²) in [6.45, 7) is 8.28. The number of hydrogen-bond donors (Lipinski definition) is 0. The molecule has 2 rings (SSSR count). The molecular formula is C18H28N2O. The Bertz CT molecular complexity index is 442. The Kier molecular flexibility index (Phi) is 5.54. The zero-order valence-corrected chi connectivity index (χ0v) is 13.6. The Balaban J connectivity index is 2.21. The third kappa shape index (κ3) is 3.72. The zero-order chi connectivity index (χ0) is 15.3. The highest BCUT2D eigenvalue weighted by Crippen LogP contribution is 2.31. The second-order valence-corrected chi connectivity index (χ2v) is 6.35. The van der Waals surface area contributed by atoms with E-state index in [2.05, 4.69) is 61.0 Å². The van der Waals surface area contributed by atoms with Crippen molar-refractivity contribution in [1.29, 1.82) is 0 Å². The molecule has 1 fully saturated rings. The molecule has 0 saturated carbocycles. The Labute approximate surface area is 128 Å². The molecule has 1 aromatic carbocycles. The third-order valence-corrected chi connectivity index (χ3v) is 5.05. The van der Waals surface area contributed by atoms with Crippen molar-refractivity contribution in [3.05, 3.63) is 35.9 Å². The molecule has 116 valence electrons. The van der Waals surface area contributed by atoms with Gasteiger partial charge in [-0.3, -0.25) is 4.90 Å². The maximum atomic E-state index is 11.6. The van der Waals surface area contributed by atoms with Crippen LogP contribution in [-0.2, 0) is 4.79 Å². The molecule has 0 bridgehead atoms. The van der Waals surface area contributed by atoms with Gasteiger partial charge in [-0.25, -0.2) is 0 Å². The summed E-state index contributed by atoms with van der Waals surface area (Å²) in [6, 6.07) is 11.1. The minimum Gasteiger partial charge on any atom is -0.303 e. The number of likely N-dealkylation sites (N-methyl/N-ethyl adjacent to an activating group) is 1. The second kappa shape index (κ2) is 7.19. The van der Waals surface area contributed by atoms with Crippen molar-refractivity contribution in [2.24, 2.45) is 5.41 Å². The van der Waals surface area contributed by atoms with Crippen LogP contribution in [0.25, 0.3) is 0 Å². The van der Waals surface area contributed by atoms with Crippen LogP contribution >= 0.6 is 0 Å². The van der Waals surface area contributed by atoms with E-state index in [0.717, 1.165) is 39.0 Å². The van der Waals surface area contributed by atoms with Crippen LogP contribution in [0.4, 0.5) is 0 Å². The predicted octanol–water partition coefficient (Wildman–Crippen LogP) is 2.98. The third-order valence-electron chi connectivity index (χ3n) is 5.05. The molecule has 1 unspecified atom stereocenters. The van der Waals surface area contributed by atoms with E-state index < -0.39 is 0 Å². The predicted molar refractivity (Wildman–Crippen MR) is 87.3 cm³/mol. The molecule has 0 amide bonds. The minimum atomic E-state index is -0.192. The van der Waals surface area contributed by atoms with Gasteiger partial charge in [0.15, 0.2) is 0 Å². The van der Waals surface area contributed by atoms with Gasteiger partial charge in [-0.2, -0.15) is 0 Å². The maximum absolute atomic E-state index is 11.6. The first-order valence-corrected chi connectivity index (χ1v) is 8.08. The van der Waals surface area contributed by atoms with Crippen LogP contribution in [0, 0.1) is 5.41 Å². The van der Waals surface area contributed by atoms with Crippen molar-refractivity contribution in [1.82, 2.24) is 9.80 Å². The summed E-state index contributed by atoms with van der Waals surface area (Å²) >= 11 is 0. The lowest BCUT2D eigenvalue weighted by molar-refractivity contribution is -0.118. The number of carbonyl (C=O) groups excluding carboxylic acids is 1. The average Bonchev–Trinajstić information content (AvgIpc) is 2.55. The largest absolute Gasteiger partial charge is 0.303 e. The average molecular weight is 288 g/mol. The standard InChI is InChI=1S/C18H28N2O/c1-4-18(5-2,15-21)14-20-12-11-19(3)13-17(20)16-9-7-6-8-10-16/h6-10,15,17H,4-5,11-14H2,1-3H3. The Morgan fingerprint density at radius 3 is 2.43 bits per heavy atom. The molecule has 1 aliphatic rings. The molecule has 0 aromatic heterocycles. The normalized spacial score (nSPS) is 21.4. The number of hydrogen-bond acceptors (Lipinski definition) is 3. The van der Waals surface area contributed by atoms with E-state index in [-0.39, 0.29) is 5.41 Å². The highest BCUT2D eigenvalue weighted by atomic mass is 16.1. The molecule has 1 saturated heterocycles. The summed E-state index contributed by atoms with van der Waals surface area (Å²) in [7, 11) is 2.18. The van der Waals surface area contributed by atoms with Gasteiger partial charge < -0.3 is 9.69 Å². The number of carbonyl (C=O) groups is 1. The van der Waals surface area contributed by atoms with Crippen LogP contribution in [0.5, 0.6) is 0 Å². The smallest absolute Gasteiger partial charge is 0.127 e. The van der Waals surface area contributed by atoms with E-state index in [1.807, 2.05) is 0 Å². The molecule has 1 heterocycles. The Morgan fingerprint density at radius 1 is 1.19 bits per heavy atom. The highest BCUT2D eigenvalue weighted by Gasteiger charge is 2.34. The van der Waals surface area contributed by atoms with Gasteiger partial charge in [0, 0.05) is 37.6 Å². The van der Waals surface area contributed by atoms with Crippen LogP contribution in [0.15, 0.2) is 30.3 Å². The molecule has 3 nitrogen and oxygen atoms in total. The van der Waals surface area contributed by atoms with Crippen LogP contribution in [0.2, 0.25) is 0 Å². The minimum absolute atomic E-state index is 0.192. The van der Waals surface area contributed by atoms with Gasteiger partial charge in [0.05, 0.1) is 0 Å². The summed E-state index contributed by atoms with van der Waals surface area (Å²) < 4.78 is 0. The molecule has 0 radical (unpaired) electrons. The second-order valence-electron chi connectivity index (χ2n) is 6.35. The Hall–Kier alpha value is -1.19. The lowest BCUT2D eigenvalue weighted by atomic mass is 9.82. The zero-order valence-electron chi connectivity index (χ0n) is 13.6. The van der Waals surface area contributed by atoms with Crippen molar-refractivity contribution >= 4 is 6.29 Å². The van der Waals surface area contributed by atoms with Gasteiger partial charge in [0.25, 0.3) is 0 Å². The molecule has 21 heavy (non-hydrogen) atoms. The van der Waals surface area contributed by atoms with E-state index in [1.54, 1.807) is 0 Å². The van der Waals surface area contributed by atoms with Crippen LogP contribution in [0.3, 0.4) is 0 Å². The van der Waals surface area contributed by atoms with Crippen molar-refractivity contribution < 1.29 is 4.79 Å². The van der Waals surface area contributed by atoms with E-state index in [0.29, 0.717) is 6.04 Å². The lowest BCUT2D eigenvalue weighted by Gasteiger charge is -2.44. The van der Waals surface area contributed by atoms with Gasteiger partial charge in [-0.1, -0.05) is 44.2 Å². The number of piperazine rings is 1. The van der Waals surface area contributed by atoms with Crippen LogP contribution in [-0.4, -0.2) is 49.3 Å². The highest BCUT2D eigenvalue weighted by molar-refractivity contribution is 5.59. The topological polar surface area (TPSA) is 23.6 Å². The first-order chi connectivity index (χ1) is 10.1. The van der Waals surface area contributed by atoms with Crippen molar-refractivity contribution in [2.75, 3.05) is 33.2 Å². The number of nitrogens with zero attached hydrogens (tertiary/aromatic N) is 2. The maximum Gasteiger partial charge on any atom is 0.127 e. The monoisotopic (exact) mass is 288 g/mol. The van der Waals surface area contributed by atoms with Gasteiger partial charge in [0.1, 0.15) is 6.29 Å². The van der Waals surface area contributed by atoms with Crippen molar-refractivity contribution in [2.45, 2.75) is 32.7 Å². The SMILES string of the molecule is CCC(C=O)(CC)CN1CCN(C)CC1c1ccccc1. The van der Waals surface area contributed by atoms with Gasteiger partial charge in [-0.05, 0) is 25.5 Å². The molecule has 0 spiro atoms. The first kappa shape index (κ1) is 16.2. The lowest BCUT2D eigenvalue weighted by Crippen LogP contribution is -2.50. The number of aldehydes is 1. The molecular weight excluding hydrogens is 260 g/mol. The summed E-state index contributed by atoms with van der Waals surface area (Å²) in [5.41, 5.74) is 1.17. The van der Waals surface area contributed by atoms with E-state index in [1.165, 1.54) is 11.8 Å². The first-order valence-electron chi connectivity index (χ1n) is 8.08. The molecule has 0 N–H and O–H groups in total. The molecule has 0 aliphatic carbocycles. The van der Waals surface area contributed by atoms with Crippen molar-refractivity contribution in [3.63, 3.8) is 0 Å². The van der Waals surface area contributed by atoms with E-state index in [9.17, 15) is 4.79 Å². The summed E-state index contributed by atoms with van der Waals surface area (Å²) in [4.78, 5) is 16.5. The molecule has 3 heteroatoms. The van der Waals surface area contributed by atoms with Gasteiger partial charge in [0.2, 0.25) is 0 Å². The molecule has 1 aliphatic heterocycles. The van der Waals surface area contributed by atoms with Crippen LogP contribution < -0.4 is 0 Å². The summed E-state index contributed by atoms with van der Waals surface area (Å²) in [5, 5.41) is 0. The van der Waals surface area contributed by atoms with Gasteiger partial charge in [-0.15, -0.1) is 0 Å². The van der Waals surface area contributed by atoms with Crippen LogP contribution in [0.1, 0.15) is 38.3 Å². The fourth-order valence-electron chi connectivity index (χ4n) is 3.22. The number of benzene rings is 1. The van der Waals surface area contributed by atoms with Gasteiger partial charge >= 0.3 is 0 Å². The van der Waals surface area contributed by atoms with E-state index in [4.69, 9.17) is 0 Å². The number of rotatable bonds is 6. The fraction of sp³-hybridized carbons (Fsp3) is 0.611. The molecule has 1 aromatic rings. The molecule has 1 atom stereocenters. The Morgan fingerprint density at radius 2 is 1.86 bits per heavy atom. The summed E-state index contributed by atoms with van der Waals surface area (Å²) in [5.74, 6) is 0. The van der Waals surface area contributed by atoms with E-state index >= 15 is 0 Å².